The lowest BCUT2D eigenvalue weighted by atomic mass is 9.65. The third-order valence-electron chi connectivity index (χ3n) is 8.51. The minimum Gasteiger partial charge on any atom is -0.0651 e. The summed E-state index contributed by atoms with van der Waals surface area (Å²) < 4.78 is 0. The van der Waals surface area contributed by atoms with Crippen molar-refractivity contribution < 1.29 is 0 Å². The van der Waals surface area contributed by atoms with E-state index in [0.29, 0.717) is 5.16 Å². The highest BCUT2D eigenvalue weighted by Gasteiger charge is 2.37. The Balaban J connectivity index is 5.43. The molecule has 0 fully saturated rings. The van der Waals surface area contributed by atoms with Crippen LogP contribution in [0.25, 0.3) is 0 Å². The molecular formula is C26H54IP. The van der Waals surface area contributed by atoms with Crippen LogP contribution in [0, 0.1) is 53.3 Å². The van der Waals surface area contributed by atoms with Gasteiger partial charge in [0, 0.05) is 0 Å². The maximum Gasteiger partial charge on any atom is -0.00890 e. The van der Waals surface area contributed by atoms with Crippen molar-refractivity contribution in [2.24, 2.45) is 53.3 Å². The molecule has 0 bridgehead atoms. The van der Waals surface area contributed by atoms with Crippen LogP contribution in [0.15, 0.2) is 0 Å². The van der Waals surface area contributed by atoms with Gasteiger partial charge in [-0.1, -0.05) is 125 Å². The van der Waals surface area contributed by atoms with Gasteiger partial charge in [0.2, 0.25) is 0 Å². The predicted octanol–water partition coefficient (Wildman–Crippen LogP) is 10.1. The summed E-state index contributed by atoms with van der Waals surface area (Å²) in [5.41, 5.74) is 0.0446. The number of hydrogen-bond donors (Lipinski definition) is 0. The molecule has 0 aliphatic heterocycles. The van der Waals surface area contributed by atoms with Crippen LogP contribution in [0.5, 0.6) is 0 Å². The van der Waals surface area contributed by atoms with Crippen molar-refractivity contribution in [1.29, 1.82) is 0 Å². The second-order valence-electron chi connectivity index (χ2n) is 11.4. The lowest BCUT2D eigenvalue weighted by Crippen LogP contribution is -2.36. The van der Waals surface area contributed by atoms with Gasteiger partial charge in [-0.2, -0.15) is 0 Å². The Morgan fingerprint density at radius 2 is 1.07 bits per heavy atom. The fourth-order valence-corrected chi connectivity index (χ4v) is 8.06. The summed E-state index contributed by atoms with van der Waals surface area (Å²) in [5, 5.41) is 0.462. The van der Waals surface area contributed by atoms with Crippen molar-refractivity contribution in [2.45, 2.75) is 108 Å². The van der Waals surface area contributed by atoms with Crippen LogP contribution in [0.4, 0.5) is 0 Å². The fraction of sp³-hybridized carbons (Fsp3) is 1.00. The molecule has 0 saturated carbocycles. The molecule has 28 heavy (non-hydrogen) atoms. The summed E-state index contributed by atoms with van der Waals surface area (Å²) in [4.78, 5) is 0. The summed E-state index contributed by atoms with van der Waals surface area (Å²) >= 11 is 2.80. The molecule has 0 saturated heterocycles. The van der Waals surface area contributed by atoms with Gasteiger partial charge in [-0.3, -0.25) is 0 Å². The minimum atomic E-state index is 0.0446. The lowest BCUT2D eigenvalue weighted by Gasteiger charge is -2.43. The molecule has 9 unspecified atom stereocenters. The van der Waals surface area contributed by atoms with Gasteiger partial charge in [0.25, 0.3) is 0 Å². The van der Waals surface area contributed by atoms with Gasteiger partial charge in [0.05, 0.1) is 0 Å². The number of halogens is 1. The Bertz CT molecular complexity index is 413. The van der Waals surface area contributed by atoms with E-state index in [-0.39, 0.29) is 5.56 Å². The van der Waals surface area contributed by atoms with E-state index in [0.717, 1.165) is 53.3 Å². The fourth-order valence-electron chi connectivity index (χ4n) is 5.08. The van der Waals surface area contributed by atoms with Crippen molar-refractivity contribution in [3.63, 3.8) is 0 Å². The zero-order valence-electron chi connectivity index (χ0n) is 21.6. The average Bonchev–Trinajstić information content (AvgIpc) is 2.62. The van der Waals surface area contributed by atoms with Crippen LogP contribution in [-0.2, 0) is 0 Å². The van der Waals surface area contributed by atoms with Crippen LogP contribution in [0.3, 0.4) is 0 Å². The summed E-state index contributed by atoms with van der Waals surface area (Å²) in [6.07, 6.45) is 4.07. The standard InChI is InChI=1S/C26H54IP/c1-14-18(5)25(16-28(27)26(11,12)13)23(10)21(8)20(7)22(9)24(15-2)19(6)17(3)4/h17-25H,14-16H2,1-13H3. The van der Waals surface area contributed by atoms with E-state index in [2.05, 4.69) is 112 Å². The van der Waals surface area contributed by atoms with Gasteiger partial charge in [-0.25, -0.2) is 0 Å². The minimum absolute atomic E-state index is 0.0446. The molecule has 0 nitrogen and oxygen atoms in total. The SMILES string of the molecule is CCC(C)C(CP(I)C(C)(C)C)C(C)C(C)C(C)C(C)C(CC)C(C)C(C)C. The summed E-state index contributed by atoms with van der Waals surface area (Å²) in [5.74, 6) is 7.35. The summed E-state index contributed by atoms with van der Waals surface area (Å²) in [6.45, 7) is 32.2. The Kier molecular flexibility index (Phi) is 13.4. The molecule has 0 rings (SSSR count). The van der Waals surface area contributed by atoms with Gasteiger partial charge in [-0.05, 0) is 70.1 Å². The molecule has 0 radical (unpaired) electrons. The molecular weight excluding hydrogens is 470 g/mol. The highest BCUT2D eigenvalue weighted by molar-refractivity contribution is 14.2. The highest BCUT2D eigenvalue weighted by atomic mass is 127. The number of rotatable bonds is 12. The molecule has 0 aromatic rings. The van der Waals surface area contributed by atoms with Gasteiger partial charge in [-0.15, -0.1) is 0 Å². The van der Waals surface area contributed by atoms with Crippen LogP contribution in [0.1, 0.15) is 103 Å². The van der Waals surface area contributed by atoms with Crippen molar-refractivity contribution in [2.75, 3.05) is 6.16 Å². The molecule has 0 heterocycles. The molecule has 0 N–H and O–H groups in total. The molecule has 0 aromatic carbocycles. The zero-order valence-corrected chi connectivity index (χ0v) is 24.7. The first-order valence-electron chi connectivity index (χ1n) is 12.1. The third-order valence-corrected chi connectivity index (χ3v) is 16.2. The monoisotopic (exact) mass is 524 g/mol. The normalized spacial score (nSPS) is 22.8. The zero-order chi connectivity index (χ0) is 22.4. The molecule has 0 amide bonds. The van der Waals surface area contributed by atoms with Crippen molar-refractivity contribution in [3.05, 3.63) is 0 Å². The van der Waals surface area contributed by atoms with Gasteiger partial charge >= 0.3 is 0 Å². The van der Waals surface area contributed by atoms with Crippen molar-refractivity contribution >= 4 is 27.6 Å². The Morgan fingerprint density at radius 3 is 1.39 bits per heavy atom. The average molecular weight is 525 g/mol. The topological polar surface area (TPSA) is 0 Å². The molecule has 0 aromatic heterocycles. The summed E-state index contributed by atoms with van der Waals surface area (Å²) in [7, 11) is 0. The van der Waals surface area contributed by atoms with Crippen molar-refractivity contribution in [3.8, 4) is 0 Å². The third kappa shape index (κ3) is 8.36. The molecule has 0 aliphatic carbocycles. The second-order valence-corrected chi connectivity index (χ2v) is 17.3. The Labute approximate surface area is 194 Å². The van der Waals surface area contributed by atoms with E-state index in [1.54, 1.807) is 0 Å². The molecule has 2 heteroatoms. The van der Waals surface area contributed by atoms with Crippen LogP contribution in [0.2, 0.25) is 0 Å². The van der Waals surface area contributed by atoms with E-state index < -0.39 is 0 Å². The van der Waals surface area contributed by atoms with Crippen LogP contribution >= 0.6 is 27.6 Å². The molecule has 0 aliphatic rings. The maximum absolute atomic E-state index is 2.80. The first-order valence-corrected chi connectivity index (χ1v) is 16.4. The number of hydrogen-bond acceptors (Lipinski definition) is 0. The van der Waals surface area contributed by atoms with Crippen molar-refractivity contribution in [1.82, 2.24) is 0 Å². The smallest absolute Gasteiger partial charge is 0.00890 e. The van der Waals surface area contributed by atoms with Gasteiger partial charge in [0.15, 0.2) is 0 Å². The van der Waals surface area contributed by atoms with Gasteiger partial charge in [0.1, 0.15) is 0 Å². The van der Waals surface area contributed by atoms with Gasteiger partial charge < -0.3 is 0 Å². The Hall–Kier alpha value is 1.16. The lowest BCUT2D eigenvalue weighted by molar-refractivity contribution is 0.0838. The molecule has 170 valence electrons. The first-order chi connectivity index (χ1) is 12.7. The maximum atomic E-state index is 2.80. The predicted molar refractivity (Wildman–Crippen MR) is 143 cm³/mol. The second kappa shape index (κ2) is 12.9. The van der Waals surface area contributed by atoms with Crippen LogP contribution < -0.4 is 0 Å². The van der Waals surface area contributed by atoms with E-state index in [9.17, 15) is 0 Å². The van der Waals surface area contributed by atoms with Crippen LogP contribution in [-0.4, -0.2) is 11.3 Å². The largest absolute Gasteiger partial charge is 0.0651 e. The molecule has 0 spiro atoms. The van der Waals surface area contributed by atoms with E-state index in [1.165, 1.54) is 19.0 Å². The quantitative estimate of drug-likeness (QED) is 0.176. The first kappa shape index (κ1) is 29.2. The van der Waals surface area contributed by atoms with E-state index >= 15 is 0 Å². The highest BCUT2D eigenvalue weighted by Crippen LogP contribution is 2.59. The summed E-state index contributed by atoms with van der Waals surface area (Å²) in [6, 6.07) is 0. The molecule has 9 atom stereocenters. The van der Waals surface area contributed by atoms with E-state index in [1.807, 2.05) is 0 Å². The van der Waals surface area contributed by atoms with E-state index in [4.69, 9.17) is 0 Å². The Morgan fingerprint density at radius 1 is 0.643 bits per heavy atom.